The zero-order valence-corrected chi connectivity index (χ0v) is 5.20. The summed E-state index contributed by atoms with van der Waals surface area (Å²) >= 11 is 0. The Bertz CT molecular complexity index is 143. The number of allylic oxidation sites excluding steroid dienone is 5. The quantitative estimate of drug-likeness (QED) is 0.382. The van der Waals surface area contributed by atoms with Gasteiger partial charge in [0.05, 0.1) is 0 Å². The maximum atomic E-state index is 5.05. The zero-order chi connectivity index (χ0) is 6.95. The predicted octanol–water partition coefficient (Wildman–Crippen LogP) is -0.599. The average molecular weight is 123 g/mol. The second kappa shape index (κ2) is 6.69. The van der Waals surface area contributed by atoms with E-state index < -0.39 is 0 Å². The van der Waals surface area contributed by atoms with Crippen molar-refractivity contribution in [3.05, 3.63) is 36.6 Å². The van der Waals surface area contributed by atoms with Crippen LogP contribution in [0.1, 0.15) is 0 Å². The van der Waals surface area contributed by atoms with Crippen LogP contribution in [0.4, 0.5) is 0 Å². The molecule has 48 valence electrons. The first-order valence-corrected chi connectivity index (χ1v) is 2.67. The molecule has 0 bridgehead atoms. The van der Waals surface area contributed by atoms with Crippen molar-refractivity contribution >= 4 is 6.21 Å². The number of hydrogen-bond donors (Lipinski definition) is 2. The highest BCUT2D eigenvalue weighted by Crippen LogP contribution is 1.74. The van der Waals surface area contributed by atoms with E-state index in [0.717, 1.165) is 0 Å². The highest BCUT2D eigenvalue weighted by molar-refractivity contribution is 5.65. The molecule has 0 radical (unpaired) electrons. The lowest BCUT2D eigenvalue weighted by Crippen LogP contribution is -2.27. The van der Waals surface area contributed by atoms with E-state index >= 15 is 0 Å². The molecule has 0 rings (SSSR count). The second-order valence-electron chi connectivity index (χ2n) is 1.35. The van der Waals surface area contributed by atoms with E-state index in [1.165, 1.54) is 12.4 Å². The lowest BCUT2D eigenvalue weighted by atomic mass is 10.4. The molecule has 0 atom stereocenters. The Labute approximate surface area is 54.9 Å². The van der Waals surface area contributed by atoms with Crippen molar-refractivity contribution in [1.82, 2.24) is 0 Å². The standard InChI is InChI=1S/C7H10N2/c8-6-4-2-1-3-5-7-9/h1-8H,9H2/p+1. The van der Waals surface area contributed by atoms with E-state index in [2.05, 4.69) is 0 Å². The SMILES string of the molecule is NC=CC=CC=CC=[NH2+]. The molecule has 0 fully saturated rings. The van der Waals surface area contributed by atoms with Crippen molar-refractivity contribution in [2.75, 3.05) is 0 Å². The van der Waals surface area contributed by atoms with Gasteiger partial charge in [-0.05, 0) is 12.3 Å². The summed E-state index contributed by atoms with van der Waals surface area (Å²) in [5.41, 5.74) is 5.05. The summed E-state index contributed by atoms with van der Waals surface area (Å²) in [7, 11) is 0. The molecule has 0 unspecified atom stereocenters. The first kappa shape index (κ1) is 7.69. The van der Waals surface area contributed by atoms with Crippen molar-refractivity contribution < 1.29 is 5.41 Å². The molecule has 0 aromatic carbocycles. The van der Waals surface area contributed by atoms with Crippen molar-refractivity contribution in [2.24, 2.45) is 5.73 Å². The molecule has 4 N–H and O–H groups in total. The minimum absolute atomic E-state index is 1.47. The highest BCUT2D eigenvalue weighted by atomic mass is 14.5. The molecule has 9 heavy (non-hydrogen) atoms. The van der Waals surface area contributed by atoms with Crippen LogP contribution in [0, 0.1) is 0 Å². The van der Waals surface area contributed by atoms with Gasteiger partial charge in [-0.3, -0.25) is 5.41 Å². The van der Waals surface area contributed by atoms with Crippen LogP contribution in [0.3, 0.4) is 0 Å². The van der Waals surface area contributed by atoms with Gasteiger partial charge < -0.3 is 5.73 Å². The number of rotatable bonds is 3. The average Bonchev–Trinajstić information content (AvgIpc) is 1.89. The Balaban J connectivity index is 3.46. The van der Waals surface area contributed by atoms with Crippen LogP contribution in [0.5, 0.6) is 0 Å². The largest absolute Gasteiger partial charge is 0.405 e. The normalized spacial score (nSPS) is 12.0. The van der Waals surface area contributed by atoms with Crippen LogP contribution in [0.2, 0.25) is 0 Å². The van der Waals surface area contributed by atoms with Gasteiger partial charge >= 0.3 is 0 Å². The Morgan fingerprint density at radius 3 is 2.00 bits per heavy atom. The molecule has 2 heteroatoms. The van der Waals surface area contributed by atoms with Crippen LogP contribution in [-0.2, 0) is 0 Å². The Morgan fingerprint density at radius 2 is 1.44 bits per heavy atom. The molecule has 0 saturated carbocycles. The second-order valence-corrected chi connectivity index (χ2v) is 1.35. The summed E-state index contributed by atoms with van der Waals surface area (Å²) in [5.74, 6) is 0. The first-order valence-electron chi connectivity index (χ1n) is 2.67. The molecule has 0 heterocycles. The monoisotopic (exact) mass is 123 g/mol. The number of nitrogens with two attached hydrogens (primary N) is 2. The third-order valence-electron chi connectivity index (χ3n) is 0.667. The molecular weight excluding hydrogens is 112 g/mol. The third kappa shape index (κ3) is 6.69. The van der Waals surface area contributed by atoms with Crippen LogP contribution >= 0.6 is 0 Å². The Hall–Kier alpha value is -1.31. The van der Waals surface area contributed by atoms with Gasteiger partial charge in [0, 0.05) is 6.08 Å². The lowest BCUT2D eigenvalue weighted by molar-refractivity contribution is -0.104. The van der Waals surface area contributed by atoms with Gasteiger partial charge in [-0.15, -0.1) is 0 Å². The summed E-state index contributed by atoms with van der Waals surface area (Å²) in [6.07, 6.45) is 11.9. The lowest BCUT2D eigenvalue weighted by Gasteiger charge is -1.68. The summed E-state index contributed by atoms with van der Waals surface area (Å²) in [6, 6.07) is 0. The third-order valence-corrected chi connectivity index (χ3v) is 0.667. The zero-order valence-electron chi connectivity index (χ0n) is 5.20. The predicted molar refractivity (Wildman–Crippen MR) is 39.6 cm³/mol. The van der Waals surface area contributed by atoms with E-state index in [1.807, 2.05) is 18.2 Å². The van der Waals surface area contributed by atoms with E-state index in [4.69, 9.17) is 11.1 Å². The molecule has 2 nitrogen and oxygen atoms in total. The van der Waals surface area contributed by atoms with Crippen LogP contribution in [0.25, 0.3) is 0 Å². The van der Waals surface area contributed by atoms with E-state index in [9.17, 15) is 0 Å². The van der Waals surface area contributed by atoms with Crippen molar-refractivity contribution in [1.29, 1.82) is 0 Å². The van der Waals surface area contributed by atoms with Crippen molar-refractivity contribution in [3.63, 3.8) is 0 Å². The van der Waals surface area contributed by atoms with Crippen LogP contribution in [0.15, 0.2) is 36.6 Å². The molecule has 0 spiro atoms. The fourth-order valence-corrected chi connectivity index (χ4v) is 0.321. The van der Waals surface area contributed by atoms with E-state index in [0.29, 0.717) is 0 Å². The maximum absolute atomic E-state index is 5.05. The van der Waals surface area contributed by atoms with Gasteiger partial charge in [0.2, 0.25) is 0 Å². The summed E-state index contributed by atoms with van der Waals surface area (Å²) in [5, 5.41) is 5.05. The topological polar surface area (TPSA) is 51.6 Å². The minimum atomic E-state index is 1.47. The highest BCUT2D eigenvalue weighted by Gasteiger charge is 1.60. The van der Waals surface area contributed by atoms with Crippen molar-refractivity contribution in [2.45, 2.75) is 0 Å². The summed E-state index contributed by atoms with van der Waals surface area (Å²) < 4.78 is 0. The maximum Gasteiger partial charge on any atom is 0.160 e. The van der Waals surface area contributed by atoms with Gasteiger partial charge in [0.15, 0.2) is 6.21 Å². The van der Waals surface area contributed by atoms with Crippen molar-refractivity contribution in [3.8, 4) is 0 Å². The van der Waals surface area contributed by atoms with E-state index in [-0.39, 0.29) is 0 Å². The Morgan fingerprint density at radius 1 is 0.889 bits per heavy atom. The summed E-state index contributed by atoms with van der Waals surface area (Å²) in [6.45, 7) is 0. The molecule has 0 aliphatic heterocycles. The molecule has 0 amide bonds. The molecule has 0 saturated heterocycles. The van der Waals surface area contributed by atoms with Crippen LogP contribution < -0.4 is 11.1 Å². The molecular formula is C7H11N2+. The molecule has 0 aliphatic carbocycles. The van der Waals surface area contributed by atoms with Gasteiger partial charge in [-0.2, -0.15) is 0 Å². The van der Waals surface area contributed by atoms with Gasteiger partial charge in [0.1, 0.15) is 0 Å². The van der Waals surface area contributed by atoms with Crippen LogP contribution in [-0.4, -0.2) is 6.21 Å². The Kier molecular flexibility index (Phi) is 5.72. The smallest absolute Gasteiger partial charge is 0.160 e. The first-order chi connectivity index (χ1) is 4.41. The van der Waals surface area contributed by atoms with E-state index in [1.54, 1.807) is 12.2 Å². The minimum Gasteiger partial charge on any atom is -0.405 e. The molecule has 0 aliphatic rings. The van der Waals surface area contributed by atoms with Gasteiger partial charge in [-0.25, -0.2) is 0 Å². The molecule has 0 aromatic heterocycles. The fourth-order valence-electron chi connectivity index (χ4n) is 0.321. The summed E-state index contributed by atoms with van der Waals surface area (Å²) in [4.78, 5) is 0. The fraction of sp³-hybridized carbons (Fsp3) is 0. The van der Waals surface area contributed by atoms with Gasteiger partial charge in [-0.1, -0.05) is 18.2 Å². The number of hydrogen-bond acceptors (Lipinski definition) is 1. The van der Waals surface area contributed by atoms with Gasteiger partial charge in [0.25, 0.3) is 0 Å². The molecule has 0 aromatic rings.